The Balaban J connectivity index is 0.000000208. The number of hydrogen-bond acceptors (Lipinski definition) is 8. The van der Waals surface area contributed by atoms with Crippen molar-refractivity contribution in [2.24, 2.45) is 0 Å². The molecule has 12 heteroatoms. The summed E-state index contributed by atoms with van der Waals surface area (Å²) in [6.07, 6.45) is 1.12. The Morgan fingerprint density at radius 2 is 1.13 bits per heavy atom. The molecule has 54 heavy (non-hydrogen) atoms. The maximum absolute atomic E-state index is 12.7. The lowest BCUT2D eigenvalue weighted by Gasteiger charge is -2.27. The molecule has 0 spiro atoms. The van der Waals surface area contributed by atoms with Gasteiger partial charge in [0.25, 0.3) is 11.8 Å². The maximum atomic E-state index is 12.7. The molecule has 0 aromatic heterocycles. The van der Waals surface area contributed by atoms with Gasteiger partial charge in [0.1, 0.15) is 11.5 Å². The van der Waals surface area contributed by atoms with E-state index in [0.29, 0.717) is 25.9 Å². The number of ether oxygens (including phenoxy) is 2. The van der Waals surface area contributed by atoms with Crippen LogP contribution in [-0.4, -0.2) is 70.7 Å². The minimum Gasteiger partial charge on any atom is -0.503 e. The Kier molecular flexibility index (Phi) is 13.1. The number of Topliss-reactive ketones (excluding diaryl/α,β-unsaturated/α-hetero) is 2. The average Bonchev–Trinajstić information content (AvgIpc) is 3.58. The molecule has 2 unspecified atom stereocenters. The van der Waals surface area contributed by atoms with E-state index in [2.05, 4.69) is 31.9 Å². The molecule has 2 atom stereocenters. The molecule has 10 nitrogen and oxygen atoms in total. The van der Waals surface area contributed by atoms with Gasteiger partial charge in [-0.25, -0.2) is 0 Å². The highest BCUT2D eigenvalue weighted by molar-refractivity contribution is 9.10. The molecule has 2 heterocycles. The van der Waals surface area contributed by atoms with Gasteiger partial charge in [-0.3, -0.25) is 19.2 Å². The van der Waals surface area contributed by atoms with Crippen LogP contribution in [0, 0.1) is 0 Å². The fraction of sp³-hybridized carbons (Fsp3) is 0.238. The predicted octanol–water partition coefficient (Wildman–Crippen LogP) is 7.97. The van der Waals surface area contributed by atoms with Crippen molar-refractivity contribution < 1.29 is 38.9 Å². The van der Waals surface area contributed by atoms with Gasteiger partial charge in [0.2, 0.25) is 0 Å². The van der Waals surface area contributed by atoms with Gasteiger partial charge in [0.15, 0.2) is 23.1 Å². The predicted molar refractivity (Wildman–Crippen MR) is 211 cm³/mol. The Bertz CT molecular complexity index is 2110. The fourth-order valence-electron chi connectivity index (χ4n) is 6.70. The summed E-state index contributed by atoms with van der Waals surface area (Å²) < 4.78 is 12.4. The number of aliphatic hydroxyl groups is 2. The van der Waals surface area contributed by atoms with Gasteiger partial charge in [-0.15, -0.1) is 0 Å². The Morgan fingerprint density at radius 3 is 1.59 bits per heavy atom. The van der Waals surface area contributed by atoms with Crippen LogP contribution in [0.1, 0.15) is 48.2 Å². The first-order valence-electron chi connectivity index (χ1n) is 17.1. The molecule has 2 amide bonds. The molecule has 0 fully saturated rings. The summed E-state index contributed by atoms with van der Waals surface area (Å²) in [4.78, 5) is 52.7. The zero-order valence-corrected chi connectivity index (χ0v) is 33.4. The van der Waals surface area contributed by atoms with Crippen LogP contribution in [0.3, 0.4) is 0 Å². The molecule has 2 N–H and O–H groups in total. The first-order valence-corrected chi connectivity index (χ1v) is 18.7. The molecule has 2 aliphatic heterocycles. The van der Waals surface area contributed by atoms with E-state index in [-0.39, 0.29) is 22.7 Å². The summed E-state index contributed by atoms with van der Waals surface area (Å²) in [7, 11) is 3.21. The van der Waals surface area contributed by atoms with Crippen LogP contribution in [0.4, 0.5) is 0 Å². The first kappa shape index (κ1) is 40.0. The SMILES string of the molecule is COc1cccc(CCN2C(=O)C(O)=C(C(C)=O)C2c2ccc(Br)cc2)c1.COc1ccccc1CCN1C(=O)C(O)=C(C(C)=O)C1c1ccc(Br)cc1. The van der Waals surface area contributed by atoms with Gasteiger partial charge in [-0.05, 0) is 91.4 Å². The lowest BCUT2D eigenvalue weighted by atomic mass is 9.96. The summed E-state index contributed by atoms with van der Waals surface area (Å²) >= 11 is 6.78. The molecule has 0 saturated heterocycles. The summed E-state index contributed by atoms with van der Waals surface area (Å²) in [5.41, 5.74) is 3.81. The lowest BCUT2D eigenvalue weighted by molar-refractivity contribution is -0.130. The van der Waals surface area contributed by atoms with Crippen LogP contribution in [0.25, 0.3) is 0 Å². The number of ketones is 2. The van der Waals surface area contributed by atoms with Crippen molar-refractivity contribution in [1.29, 1.82) is 0 Å². The van der Waals surface area contributed by atoms with E-state index in [9.17, 15) is 29.4 Å². The normalized spacial score (nSPS) is 16.8. The molecule has 4 aromatic carbocycles. The van der Waals surface area contributed by atoms with E-state index in [1.54, 1.807) is 24.0 Å². The van der Waals surface area contributed by atoms with E-state index in [0.717, 1.165) is 42.7 Å². The van der Waals surface area contributed by atoms with Crippen LogP contribution < -0.4 is 9.47 Å². The van der Waals surface area contributed by atoms with E-state index >= 15 is 0 Å². The number of carbonyl (C=O) groups excluding carboxylic acids is 4. The number of amides is 2. The number of nitrogens with zero attached hydrogens (tertiary/aromatic N) is 2. The highest BCUT2D eigenvalue weighted by atomic mass is 79.9. The van der Waals surface area contributed by atoms with E-state index in [1.807, 2.05) is 97.1 Å². The van der Waals surface area contributed by atoms with Gasteiger partial charge in [-0.2, -0.15) is 0 Å². The van der Waals surface area contributed by atoms with E-state index in [4.69, 9.17) is 9.47 Å². The van der Waals surface area contributed by atoms with Gasteiger partial charge in [0, 0.05) is 22.0 Å². The Morgan fingerprint density at radius 1 is 0.648 bits per heavy atom. The molecular weight excluding hydrogens is 820 g/mol. The number of benzene rings is 4. The van der Waals surface area contributed by atoms with Crippen LogP contribution in [-0.2, 0) is 32.0 Å². The van der Waals surface area contributed by atoms with Crippen LogP contribution in [0.15, 0.2) is 129 Å². The number of hydrogen-bond donors (Lipinski definition) is 2. The van der Waals surface area contributed by atoms with Crippen molar-refractivity contribution in [3.05, 3.63) is 151 Å². The van der Waals surface area contributed by atoms with Gasteiger partial charge in [-0.1, -0.05) is 86.5 Å². The molecule has 0 bridgehead atoms. The van der Waals surface area contributed by atoms with Gasteiger partial charge >= 0.3 is 0 Å². The van der Waals surface area contributed by atoms with Crippen LogP contribution >= 0.6 is 31.9 Å². The number of aliphatic hydroxyl groups excluding tert-OH is 2. The summed E-state index contributed by atoms with van der Waals surface area (Å²) in [6, 6.07) is 28.8. The molecule has 280 valence electrons. The molecule has 2 aliphatic rings. The van der Waals surface area contributed by atoms with Crippen molar-refractivity contribution in [3.63, 3.8) is 0 Å². The molecular formula is C42H40Br2N2O8. The number of carbonyl (C=O) groups is 4. The summed E-state index contributed by atoms with van der Waals surface area (Å²) in [5.74, 6) is -1.09. The Labute approximate surface area is 331 Å². The smallest absolute Gasteiger partial charge is 0.290 e. The third-order valence-corrected chi connectivity index (χ3v) is 10.4. The zero-order chi connectivity index (χ0) is 39.1. The minimum atomic E-state index is -0.599. The molecule has 0 aliphatic carbocycles. The monoisotopic (exact) mass is 858 g/mol. The van der Waals surface area contributed by atoms with Crippen molar-refractivity contribution in [2.75, 3.05) is 27.3 Å². The highest BCUT2D eigenvalue weighted by Crippen LogP contribution is 2.39. The largest absolute Gasteiger partial charge is 0.503 e. The van der Waals surface area contributed by atoms with Crippen molar-refractivity contribution in [2.45, 2.75) is 38.8 Å². The van der Waals surface area contributed by atoms with Crippen molar-refractivity contribution >= 4 is 55.2 Å². The van der Waals surface area contributed by atoms with Gasteiger partial charge in [0.05, 0.1) is 37.4 Å². The molecule has 6 rings (SSSR count). The Hall–Kier alpha value is -5.20. The van der Waals surface area contributed by atoms with Crippen LogP contribution in [0.2, 0.25) is 0 Å². The van der Waals surface area contributed by atoms with Gasteiger partial charge < -0.3 is 29.5 Å². The second kappa shape index (κ2) is 17.7. The second-order valence-electron chi connectivity index (χ2n) is 12.7. The number of rotatable bonds is 12. The van der Waals surface area contributed by atoms with E-state index < -0.39 is 35.4 Å². The van der Waals surface area contributed by atoms with Crippen molar-refractivity contribution in [3.8, 4) is 11.5 Å². The van der Waals surface area contributed by atoms with Crippen molar-refractivity contribution in [1.82, 2.24) is 9.80 Å². The molecule has 4 aromatic rings. The number of para-hydroxylation sites is 1. The van der Waals surface area contributed by atoms with E-state index in [1.165, 1.54) is 13.8 Å². The summed E-state index contributed by atoms with van der Waals surface area (Å²) in [5, 5.41) is 20.6. The minimum absolute atomic E-state index is 0.141. The third kappa shape index (κ3) is 8.77. The quantitative estimate of drug-likeness (QED) is 0.147. The maximum Gasteiger partial charge on any atom is 0.290 e. The fourth-order valence-corrected chi connectivity index (χ4v) is 7.23. The lowest BCUT2D eigenvalue weighted by Crippen LogP contribution is -2.33. The molecule has 0 saturated carbocycles. The first-order chi connectivity index (χ1) is 25.9. The molecule has 0 radical (unpaired) electrons. The van der Waals surface area contributed by atoms with Crippen LogP contribution in [0.5, 0.6) is 11.5 Å². The average molecular weight is 861 g/mol. The second-order valence-corrected chi connectivity index (χ2v) is 14.5. The number of methoxy groups -OCH3 is 2. The highest BCUT2D eigenvalue weighted by Gasteiger charge is 2.43. The zero-order valence-electron chi connectivity index (χ0n) is 30.2. The summed E-state index contributed by atoms with van der Waals surface area (Å²) in [6.45, 7) is 3.46. The number of halogens is 2. The standard InChI is InChI=1S/2C21H20BrNO4/c1-13(24)18-19(15-6-8-16(22)9-7-15)23(21(26)20(18)25)11-10-14-4-3-5-17(12-14)27-2;1-13(24)18-19(15-7-9-16(22)10-8-15)23(21(26)20(18)25)12-11-14-5-3-4-6-17(14)27-2/h3-9,12,19,25H,10-11H2,1-2H3;3-10,19,25H,11-12H2,1-2H3. The third-order valence-electron chi connectivity index (χ3n) is 9.33. The topological polar surface area (TPSA) is 134 Å².